The Morgan fingerprint density at radius 2 is 1.81 bits per heavy atom. The number of aryl methyl sites for hydroxylation is 2. The zero-order valence-electron chi connectivity index (χ0n) is 16.5. The van der Waals surface area contributed by atoms with Crippen LogP contribution in [0.4, 0.5) is 5.69 Å². The zero-order valence-corrected chi connectivity index (χ0v) is 16.5. The molecule has 6 nitrogen and oxygen atoms in total. The number of hydrogen-bond acceptors (Lipinski definition) is 4. The lowest BCUT2D eigenvalue weighted by atomic mass is 9.98. The van der Waals surface area contributed by atoms with Crippen LogP contribution in [0.5, 0.6) is 0 Å². The highest BCUT2D eigenvalue weighted by atomic mass is 16.4. The second-order valence-corrected chi connectivity index (χ2v) is 7.25. The van der Waals surface area contributed by atoms with E-state index < -0.39 is 11.9 Å². The molecule has 2 rings (SSSR count). The number of hydrogen-bond donors (Lipinski definition) is 1. The Bertz CT molecular complexity index is 679. The highest BCUT2D eigenvalue weighted by molar-refractivity contribution is 6.17. The molecule has 1 fully saturated rings. The summed E-state index contributed by atoms with van der Waals surface area (Å²) in [7, 11) is 0. The molecule has 1 unspecified atom stereocenters. The van der Waals surface area contributed by atoms with Gasteiger partial charge in [-0.25, -0.2) is 4.90 Å². The largest absolute Gasteiger partial charge is 0.481 e. The summed E-state index contributed by atoms with van der Waals surface area (Å²) in [6.07, 6.45) is 3.22. The number of carbonyl (C=O) groups excluding carboxylic acids is 2. The van der Waals surface area contributed by atoms with E-state index >= 15 is 0 Å². The molecule has 1 saturated heterocycles. The normalized spacial score (nSPS) is 17.5. The first-order valence-corrected chi connectivity index (χ1v) is 9.75. The fourth-order valence-electron chi connectivity index (χ4n) is 3.82. The van der Waals surface area contributed by atoms with Crippen molar-refractivity contribution in [3.63, 3.8) is 0 Å². The van der Waals surface area contributed by atoms with Gasteiger partial charge in [0.1, 0.15) is 0 Å². The average Bonchev–Trinajstić information content (AvgIpc) is 2.63. The molecule has 0 saturated carbocycles. The topological polar surface area (TPSA) is 77.9 Å². The molecule has 27 heavy (non-hydrogen) atoms. The number of carboxylic acid groups (broad SMARTS) is 1. The molecule has 1 aliphatic rings. The van der Waals surface area contributed by atoms with Gasteiger partial charge in [-0.15, -0.1) is 0 Å². The maximum absolute atomic E-state index is 13.5. The summed E-state index contributed by atoms with van der Waals surface area (Å²) in [5.41, 5.74) is 2.27. The van der Waals surface area contributed by atoms with Gasteiger partial charge in [0.05, 0.1) is 18.2 Å². The van der Waals surface area contributed by atoms with Crippen LogP contribution in [0.15, 0.2) is 18.2 Å². The molecule has 0 aliphatic carbocycles. The molecule has 6 heteroatoms. The van der Waals surface area contributed by atoms with Gasteiger partial charge in [-0.1, -0.05) is 31.5 Å². The number of carboxylic acids is 1. The van der Waals surface area contributed by atoms with E-state index in [1.807, 2.05) is 32.0 Å². The molecule has 0 bridgehead atoms. The summed E-state index contributed by atoms with van der Waals surface area (Å²) >= 11 is 0. The van der Waals surface area contributed by atoms with Gasteiger partial charge in [-0.2, -0.15) is 0 Å². The lowest BCUT2D eigenvalue weighted by Gasteiger charge is -2.37. The van der Waals surface area contributed by atoms with E-state index in [9.17, 15) is 14.4 Å². The standard InChI is InChI=1S/C21H30N2O4/c1-4-13-22-14-6-5-10-17(22)21(27)23(18(24)11-12-19(25)26)20-15(2)8-7-9-16(20)3/h7-9,17H,4-6,10-14H2,1-3H3,(H,25,26). The summed E-state index contributed by atoms with van der Waals surface area (Å²) in [6, 6.07) is 5.31. The van der Waals surface area contributed by atoms with E-state index in [-0.39, 0.29) is 24.8 Å². The van der Waals surface area contributed by atoms with E-state index in [0.717, 1.165) is 49.9 Å². The minimum Gasteiger partial charge on any atom is -0.481 e. The molecular weight excluding hydrogens is 344 g/mol. The molecule has 1 N–H and O–H groups in total. The van der Waals surface area contributed by atoms with Gasteiger partial charge in [0.15, 0.2) is 0 Å². The minimum atomic E-state index is -1.04. The molecule has 0 aromatic heterocycles. The van der Waals surface area contributed by atoms with Gasteiger partial charge in [0.25, 0.3) is 5.91 Å². The molecule has 1 heterocycles. The van der Waals surface area contributed by atoms with Crippen LogP contribution in [0.1, 0.15) is 56.6 Å². The summed E-state index contributed by atoms with van der Waals surface area (Å²) < 4.78 is 0. The molecule has 0 spiro atoms. The van der Waals surface area contributed by atoms with Crippen LogP contribution in [0.3, 0.4) is 0 Å². The lowest BCUT2D eigenvalue weighted by Crippen LogP contribution is -2.53. The number of likely N-dealkylation sites (tertiary alicyclic amines) is 1. The van der Waals surface area contributed by atoms with Crippen LogP contribution >= 0.6 is 0 Å². The first kappa shape index (κ1) is 21.1. The van der Waals surface area contributed by atoms with Crippen molar-refractivity contribution in [1.29, 1.82) is 0 Å². The maximum atomic E-state index is 13.5. The van der Waals surface area contributed by atoms with Gasteiger partial charge in [0.2, 0.25) is 5.91 Å². The Hall–Kier alpha value is -2.21. The van der Waals surface area contributed by atoms with Crippen molar-refractivity contribution in [2.75, 3.05) is 18.0 Å². The van der Waals surface area contributed by atoms with E-state index in [0.29, 0.717) is 5.69 Å². The lowest BCUT2D eigenvalue weighted by molar-refractivity contribution is -0.139. The fourth-order valence-corrected chi connectivity index (χ4v) is 3.82. The van der Waals surface area contributed by atoms with Gasteiger partial charge < -0.3 is 5.11 Å². The molecule has 1 aromatic carbocycles. The first-order valence-electron chi connectivity index (χ1n) is 9.75. The van der Waals surface area contributed by atoms with Crippen molar-refractivity contribution in [1.82, 2.24) is 4.90 Å². The summed E-state index contributed by atoms with van der Waals surface area (Å²) in [5, 5.41) is 8.96. The van der Waals surface area contributed by atoms with Crippen LogP contribution in [0.25, 0.3) is 0 Å². The van der Waals surface area contributed by atoms with E-state index in [1.54, 1.807) is 0 Å². The predicted octanol–water partition coefficient (Wildman–Crippen LogP) is 3.29. The van der Waals surface area contributed by atoms with Crippen molar-refractivity contribution in [3.8, 4) is 0 Å². The molecule has 1 aliphatic heterocycles. The monoisotopic (exact) mass is 374 g/mol. The molecular formula is C21H30N2O4. The number of benzene rings is 1. The first-order chi connectivity index (χ1) is 12.9. The minimum absolute atomic E-state index is 0.185. The van der Waals surface area contributed by atoms with Crippen LogP contribution in [-0.2, 0) is 14.4 Å². The summed E-state index contributed by atoms with van der Waals surface area (Å²) in [4.78, 5) is 40.8. The quantitative estimate of drug-likeness (QED) is 0.792. The number of rotatable bonds is 7. The Labute approximate surface area is 161 Å². The van der Waals surface area contributed by atoms with Crippen molar-refractivity contribution < 1.29 is 19.5 Å². The fraction of sp³-hybridized carbons (Fsp3) is 0.571. The number of aliphatic carboxylic acids is 1. The molecule has 1 atom stereocenters. The second kappa shape index (κ2) is 9.65. The smallest absolute Gasteiger partial charge is 0.303 e. The Morgan fingerprint density at radius 1 is 1.15 bits per heavy atom. The van der Waals surface area contributed by atoms with Crippen molar-refractivity contribution in [2.45, 2.75) is 65.3 Å². The molecule has 2 amide bonds. The van der Waals surface area contributed by atoms with Crippen LogP contribution < -0.4 is 4.90 Å². The summed E-state index contributed by atoms with van der Waals surface area (Å²) in [5.74, 6) is -1.71. The SMILES string of the molecule is CCCN1CCCCC1C(=O)N(C(=O)CCC(=O)O)c1c(C)cccc1C. The van der Waals surface area contributed by atoms with Gasteiger partial charge in [-0.05, 0) is 57.3 Å². The molecule has 148 valence electrons. The van der Waals surface area contributed by atoms with Crippen molar-refractivity contribution >= 4 is 23.5 Å². The number of carbonyl (C=O) groups is 3. The van der Waals surface area contributed by atoms with Crippen molar-refractivity contribution in [3.05, 3.63) is 29.3 Å². The number of amides is 2. The predicted molar refractivity (Wildman–Crippen MR) is 105 cm³/mol. The van der Waals surface area contributed by atoms with Gasteiger partial charge in [0, 0.05) is 6.42 Å². The van der Waals surface area contributed by atoms with Crippen LogP contribution in [-0.4, -0.2) is 46.9 Å². The molecule has 1 aromatic rings. The number of piperidine rings is 1. The average molecular weight is 374 g/mol. The maximum Gasteiger partial charge on any atom is 0.303 e. The Morgan fingerprint density at radius 3 is 2.41 bits per heavy atom. The number of para-hydroxylation sites is 1. The van der Waals surface area contributed by atoms with E-state index in [1.165, 1.54) is 4.90 Å². The van der Waals surface area contributed by atoms with E-state index in [2.05, 4.69) is 11.8 Å². The third kappa shape index (κ3) is 5.16. The Kier molecular flexibility index (Phi) is 7.54. The number of anilines is 1. The van der Waals surface area contributed by atoms with E-state index in [4.69, 9.17) is 5.11 Å². The Balaban J connectivity index is 2.40. The highest BCUT2D eigenvalue weighted by Gasteiger charge is 2.36. The summed E-state index contributed by atoms with van der Waals surface area (Å²) in [6.45, 7) is 7.50. The third-order valence-corrected chi connectivity index (χ3v) is 5.10. The number of imide groups is 1. The zero-order chi connectivity index (χ0) is 20.0. The van der Waals surface area contributed by atoms with Gasteiger partial charge in [-0.3, -0.25) is 19.3 Å². The second-order valence-electron chi connectivity index (χ2n) is 7.25. The van der Waals surface area contributed by atoms with Crippen molar-refractivity contribution in [2.24, 2.45) is 0 Å². The highest BCUT2D eigenvalue weighted by Crippen LogP contribution is 2.29. The van der Waals surface area contributed by atoms with Crippen LogP contribution in [0, 0.1) is 13.8 Å². The van der Waals surface area contributed by atoms with Crippen LogP contribution in [0.2, 0.25) is 0 Å². The number of nitrogens with zero attached hydrogens (tertiary/aromatic N) is 2. The van der Waals surface area contributed by atoms with Gasteiger partial charge >= 0.3 is 5.97 Å². The molecule has 0 radical (unpaired) electrons. The third-order valence-electron chi connectivity index (χ3n) is 5.10.